The molecule has 2 aliphatic rings. The standard InChI is InChI=1S/C20H36N6S/c1-14(2)17(5)25-11-15(3)24(10-16(25)4)12-18-13-27-20(23-18)22-9-19-7-6-8-26(19)21/h13-16,19H,5-12,21H2,1-4H3,(H,22,23). The SMILES string of the molecule is C=C(C(C)C)N1CC(C)N(Cc2csc(NCC3CCCN3N)n2)CC1C. The summed E-state index contributed by atoms with van der Waals surface area (Å²) in [6, 6.07) is 1.42. The number of aromatic nitrogens is 1. The van der Waals surface area contributed by atoms with Gasteiger partial charge in [-0.15, -0.1) is 11.3 Å². The summed E-state index contributed by atoms with van der Waals surface area (Å²) in [4.78, 5) is 9.84. The Morgan fingerprint density at radius 2 is 2.15 bits per heavy atom. The zero-order valence-electron chi connectivity index (χ0n) is 17.3. The molecule has 27 heavy (non-hydrogen) atoms. The predicted octanol–water partition coefficient (Wildman–Crippen LogP) is 2.96. The third kappa shape index (κ3) is 5.02. The average Bonchev–Trinajstić information content (AvgIpc) is 3.24. The first-order chi connectivity index (χ1) is 12.8. The number of nitrogens with two attached hydrogens (primary N) is 1. The topological polar surface area (TPSA) is 60.7 Å². The molecule has 2 aliphatic heterocycles. The van der Waals surface area contributed by atoms with Gasteiger partial charge in [-0.3, -0.25) is 10.7 Å². The third-order valence-corrected chi connectivity index (χ3v) is 6.83. The van der Waals surface area contributed by atoms with Crippen LogP contribution in [0.15, 0.2) is 17.7 Å². The van der Waals surface area contributed by atoms with Crippen LogP contribution in [0.4, 0.5) is 5.13 Å². The van der Waals surface area contributed by atoms with Crippen LogP contribution in [0.5, 0.6) is 0 Å². The molecule has 0 spiro atoms. The van der Waals surface area contributed by atoms with Gasteiger partial charge in [0.15, 0.2) is 5.13 Å². The van der Waals surface area contributed by atoms with Crippen molar-refractivity contribution in [3.8, 4) is 0 Å². The molecule has 0 aliphatic carbocycles. The van der Waals surface area contributed by atoms with E-state index >= 15 is 0 Å². The molecule has 7 heteroatoms. The van der Waals surface area contributed by atoms with Gasteiger partial charge in [-0.25, -0.2) is 9.99 Å². The molecule has 2 fully saturated rings. The highest BCUT2D eigenvalue weighted by molar-refractivity contribution is 7.13. The van der Waals surface area contributed by atoms with E-state index in [4.69, 9.17) is 10.8 Å². The number of hydrogen-bond donors (Lipinski definition) is 2. The second kappa shape index (κ2) is 8.90. The van der Waals surface area contributed by atoms with Gasteiger partial charge in [-0.1, -0.05) is 20.4 Å². The minimum atomic E-state index is 0.431. The molecule has 3 atom stereocenters. The van der Waals surface area contributed by atoms with Crippen LogP contribution in [-0.4, -0.2) is 64.1 Å². The molecule has 0 saturated carbocycles. The molecular weight excluding hydrogens is 356 g/mol. The zero-order chi connectivity index (χ0) is 19.6. The molecule has 3 heterocycles. The summed E-state index contributed by atoms with van der Waals surface area (Å²) in [5.41, 5.74) is 2.42. The van der Waals surface area contributed by atoms with Crippen molar-refractivity contribution in [1.82, 2.24) is 19.8 Å². The minimum absolute atomic E-state index is 0.431. The quantitative estimate of drug-likeness (QED) is 0.696. The molecule has 3 N–H and O–H groups in total. The largest absolute Gasteiger partial charge is 0.370 e. The predicted molar refractivity (Wildman–Crippen MR) is 115 cm³/mol. The smallest absolute Gasteiger partial charge is 0.182 e. The average molecular weight is 393 g/mol. The van der Waals surface area contributed by atoms with Crippen LogP contribution in [0, 0.1) is 5.92 Å². The summed E-state index contributed by atoms with van der Waals surface area (Å²) in [6.07, 6.45) is 2.36. The van der Waals surface area contributed by atoms with Gasteiger partial charge < -0.3 is 10.2 Å². The number of anilines is 1. The maximum Gasteiger partial charge on any atom is 0.182 e. The molecule has 0 amide bonds. The molecule has 3 unspecified atom stereocenters. The van der Waals surface area contributed by atoms with E-state index in [1.165, 1.54) is 18.5 Å². The third-order valence-electron chi connectivity index (χ3n) is 5.98. The molecule has 0 bridgehead atoms. The summed E-state index contributed by atoms with van der Waals surface area (Å²) in [7, 11) is 0. The Bertz CT molecular complexity index is 630. The van der Waals surface area contributed by atoms with E-state index in [0.717, 1.165) is 43.5 Å². The highest BCUT2D eigenvalue weighted by atomic mass is 32.1. The van der Waals surface area contributed by atoms with Crippen molar-refractivity contribution >= 4 is 16.5 Å². The molecule has 1 aromatic rings. The molecular formula is C20H36N6S. The molecule has 1 aromatic heterocycles. The minimum Gasteiger partial charge on any atom is -0.370 e. The highest BCUT2D eigenvalue weighted by Crippen LogP contribution is 2.25. The monoisotopic (exact) mass is 392 g/mol. The van der Waals surface area contributed by atoms with Crippen LogP contribution >= 0.6 is 11.3 Å². The van der Waals surface area contributed by atoms with E-state index in [1.54, 1.807) is 11.3 Å². The van der Waals surface area contributed by atoms with Gasteiger partial charge in [-0.05, 0) is 32.6 Å². The van der Waals surface area contributed by atoms with Crippen molar-refractivity contribution in [3.63, 3.8) is 0 Å². The van der Waals surface area contributed by atoms with Crippen molar-refractivity contribution in [3.05, 3.63) is 23.3 Å². The van der Waals surface area contributed by atoms with Crippen LogP contribution in [-0.2, 0) is 6.54 Å². The number of nitrogens with one attached hydrogen (secondary N) is 1. The van der Waals surface area contributed by atoms with E-state index in [1.807, 2.05) is 5.01 Å². The number of hydrazine groups is 1. The highest BCUT2D eigenvalue weighted by Gasteiger charge is 2.30. The maximum absolute atomic E-state index is 6.01. The molecule has 0 aromatic carbocycles. The van der Waals surface area contributed by atoms with Crippen LogP contribution in [0.2, 0.25) is 0 Å². The molecule has 152 valence electrons. The van der Waals surface area contributed by atoms with Gasteiger partial charge in [0.2, 0.25) is 0 Å². The van der Waals surface area contributed by atoms with Crippen LogP contribution < -0.4 is 11.2 Å². The number of hydrogen-bond acceptors (Lipinski definition) is 7. The van der Waals surface area contributed by atoms with Crippen LogP contribution in [0.3, 0.4) is 0 Å². The van der Waals surface area contributed by atoms with Gasteiger partial charge in [0.1, 0.15) is 0 Å². The van der Waals surface area contributed by atoms with Gasteiger partial charge in [0.05, 0.1) is 5.69 Å². The number of thiazole rings is 1. The zero-order valence-corrected chi connectivity index (χ0v) is 18.1. The van der Waals surface area contributed by atoms with E-state index in [9.17, 15) is 0 Å². The van der Waals surface area contributed by atoms with Crippen molar-refractivity contribution in [2.75, 3.05) is 31.5 Å². The summed E-state index contributed by atoms with van der Waals surface area (Å²) < 4.78 is 0. The number of piperazine rings is 1. The van der Waals surface area contributed by atoms with Gasteiger partial charge >= 0.3 is 0 Å². The lowest BCUT2D eigenvalue weighted by Gasteiger charge is -2.46. The normalized spacial score (nSPS) is 27.5. The van der Waals surface area contributed by atoms with Crippen molar-refractivity contribution in [2.45, 2.75) is 65.2 Å². The molecule has 3 rings (SSSR count). The first-order valence-corrected chi connectivity index (χ1v) is 11.1. The fourth-order valence-corrected chi connectivity index (χ4v) is 4.81. The second-order valence-electron chi connectivity index (χ2n) is 8.48. The number of nitrogens with zero attached hydrogens (tertiary/aromatic N) is 4. The first kappa shape index (κ1) is 20.6. The van der Waals surface area contributed by atoms with Gasteiger partial charge in [0, 0.05) is 61.9 Å². The fourth-order valence-electron chi connectivity index (χ4n) is 4.10. The van der Waals surface area contributed by atoms with Gasteiger partial charge in [0.25, 0.3) is 0 Å². The fraction of sp³-hybridized carbons (Fsp3) is 0.750. The Kier molecular flexibility index (Phi) is 6.78. The summed E-state index contributed by atoms with van der Waals surface area (Å²) in [6.45, 7) is 18.3. The molecule has 0 radical (unpaired) electrons. The summed E-state index contributed by atoms with van der Waals surface area (Å²) >= 11 is 1.70. The van der Waals surface area contributed by atoms with Crippen LogP contribution in [0.1, 0.15) is 46.2 Å². The Morgan fingerprint density at radius 1 is 1.37 bits per heavy atom. The Morgan fingerprint density at radius 3 is 2.81 bits per heavy atom. The first-order valence-electron chi connectivity index (χ1n) is 10.2. The van der Waals surface area contributed by atoms with E-state index in [-0.39, 0.29) is 0 Å². The van der Waals surface area contributed by atoms with E-state index in [2.05, 4.69) is 54.8 Å². The van der Waals surface area contributed by atoms with Crippen molar-refractivity contribution in [1.29, 1.82) is 0 Å². The van der Waals surface area contributed by atoms with E-state index in [0.29, 0.717) is 24.0 Å². The lowest BCUT2D eigenvalue weighted by molar-refractivity contribution is 0.0532. The Hall–Kier alpha value is -1.15. The summed E-state index contributed by atoms with van der Waals surface area (Å²) in [5.74, 6) is 6.51. The molecule has 6 nitrogen and oxygen atoms in total. The van der Waals surface area contributed by atoms with E-state index < -0.39 is 0 Å². The maximum atomic E-state index is 6.01. The lowest BCUT2D eigenvalue weighted by atomic mass is 10.0. The summed E-state index contributed by atoms with van der Waals surface area (Å²) in [5, 5.41) is 8.63. The van der Waals surface area contributed by atoms with Crippen molar-refractivity contribution in [2.24, 2.45) is 11.8 Å². The number of allylic oxidation sites excluding steroid dienone is 1. The lowest BCUT2D eigenvalue weighted by Crippen LogP contribution is -2.55. The number of rotatable bonds is 7. The second-order valence-corrected chi connectivity index (χ2v) is 9.34. The van der Waals surface area contributed by atoms with Gasteiger partial charge in [-0.2, -0.15) is 0 Å². The Balaban J connectivity index is 1.52. The van der Waals surface area contributed by atoms with Crippen LogP contribution in [0.25, 0.3) is 0 Å². The van der Waals surface area contributed by atoms with Crippen molar-refractivity contribution < 1.29 is 0 Å². The Labute approximate surface area is 168 Å². The molecule has 2 saturated heterocycles.